The Hall–Kier alpha value is -3.10. The van der Waals surface area contributed by atoms with Crippen molar-refractivity contribution < 1.29 is 14.3 Å². The molecule has 0 aliphatic carbocycles. The summed E-state index contributed by atoms with van der Waals surface area (Å²) >= 11 is 7.30. The molecule has 1 atom stereocenters. The van der Waals surface area contributed by atoms with E-state index in [0.717, 1.165) is 27.7 Å². The van der Waals surface area contributed by atoms with E-state index in [9.17, 15) is 9.59 Å². The summed E-state index contributed by atoms with van der Waals surface area (Å²) in [5.41, 5.74) is 3.76. The Morgan fingerprint density at radius 3 is 2.77 bits per heavy atom. The Morgan fingerprint density at radius 2 is 2.00 bits per heavy atom. The van der Waals surface area contributed by atoms with E-state index in [0.29, 0.717) is 16.6 Å². The number of nitrogens with one attached hydrogen (secondary N) is 2. The second kappa shape index (κ2) is 9.36. The molecular weight excluding hydrogens is 436 g/mol. The van der Waals surface area contributed by atoms with Gasteiger partial charge in [0.2, 0.25) is 5.91 Å². The standard InChI is InChI=1S/C22H19ClN4O3S/c1-13(28)30-11-10-19-21(29)26-22(31-19)27-24-12-17-16-4-2-3-5-18(16)25-20(17)14-6-8-15(23)9-7-14/h2-9,12,19,25H,10-11H2,1H3,(H,26,27,29)/b24-12+. The Kier molecular flexibility index (Phi) is 6.39. The number of fused-ring (bicyclic) bond motifs is 1. The molecule has 31 heavy (non-hydrogen) atoms. The highest BCUT2D eigenvalue weighted by Gasteiger charge is 2.30. The average molecular weight is 455 g/mol. The predicted octanol–water partition coefficient (Wildman–Crippen LogP) is 4.36. The second-order valence-electron chi connectivity index (χ2n) is 6.84. The summed E-state index contributed by atoms with van der Waals surface area (Å²) < 4.78 is 4.91. The summed E-state index contributed by atoms with van der Waals surface area (Å²) in [5, 5.41) is 12.8. The van der Waals surface area contributed by atoms with Gasteiger partial charge in [0.25, 0.3) is 0 Å². The van der Waals surface area contributed by atoms with Crippen LogP contribution < -0.4 is 5.32 Å². The normalized spacial score (nSPS) is 17.5. The first kappa shape index (κ1) is 21.1. The van der Waals surface area contributed by atoms with Gasteiger partial charge in [-0.05, 0) is 23.8 Å². The van der Waals surface area contributed by atoms with Crippen LogP contribution in [0, 0.1) is 0 Å². The van der Waals surface area contributed by atoms with E-state index in [4.69, 9.17) is 16.3 Å². The molecule has 1 amide bonds. The van der Waals surface area contributed by atoms with Crippen molar-refractivity contribution in [1.29, 1.82) is 0 Å². The summed E-state index contributed by atoms with van der Waals surface area (Å²) in [5.74, 6) is -0.530. The molecule has 158 valence electrons. The van der Waals surface area contributed by atoms with Crippen LogP contribution in [0.5, 0.6) is 0 Å². The number of carbonyl (C=O) groups excluding carboxylic acids is 2. The van der Waals surface area contributed by atoms with Crippen LogP contribution >= 0.6 is 23.4 Å². The van der Waals surface area contributed by atoms with E-state index in [1.165, 1.54) is 18.7 Å². The van der Waals surface area contributed by atoms with E-state index in [1.807, 2.05) is 48.5 Å². The maximum Gasteiger partial charge on any atom is 0.302 e. The van der Waals surface area contributed by atoms with E-state index < -0.39 is 0 Å². The fraction of sp³-hybridized carbons (Fsp3) is 0.182. The van der Waals surface area contributed by atoms with Gasteiger partial charge in [0, 0.05) is 34.8 Å². The van der Waals surface area contributed by atoms with E-state index in [2.05, 4.69) is 20.5 Å². The van der Waals surface area contributed by atoms with Gasteiger partial charge in [-0.3, -0.25) is 9.59 Å². The van der Waals surface area contributed by atoms with Gasteiger partial charge in [0.1, 0.15) is 0 Å². The van der Waals surface area contributed by atoms with Crippen LogP contribution in [0.1, 0.15) is 18.9 Å². The third kappa shape index (κ3) is 4.98. The number of ether oxygens (including phenoxy) is 1. The number of amides is 1. The maximum atomic E-state index is 12.1. The number of nitrogens with zero attached hydrogens (tertiary/aromatic N) is 2. The van der Waals surface area contributed by atoms with Crippen LogP contribution in [0.4, 0.5) is 0 Å². The lowest BCUT2D eigenvalue weighted by Crippen LogP contribution is -2.25. The van der Waals surface area contributed by atoms with Gasteiger partial charge in [0.15, 0.2) is 5.17 Å². The lowest BCUT2D eigenvalue weighted by molar-refractivity contribution is -0.141. The Bertz CT molecular complexity index is 1190. The van der Waals surface area contributed by atoms with Crippen LogP contribution in [0.25, 0.3) is 22.2 Å². The Morgan fingerprint density at radius 1 is 1.23 bits per heavy atom. The van der Waals surface area contributed by atoms with Crippen LogP contribution in [-0.2, 0) is 14.3 Å². The Balaban J connectivity index is 1.56. The first-order chi connectivity index (χ1) is 15.0. The fourth-order valence-corrected chi connectivity index (χ4v) is 4.26. The zero-order valence-corrected chi connectivity index (χ0v) is 18.2. The van der Waals surface area contributed by atoms with E-state index >= 15 is 0 Å². The second-order valence-corrected chi connectivity index (χ2v) is 8.47. The lowest BCUT2D eigenvalue weighted by Gasteiger charge is -2.04. The molecule has 1 aliphatic heterocycles. The van der Waals surface area contributed by atoms with Crippen LogP contribution in [0.15, 0.2) is 58.7 Å². The number of H-pyrrole nitrogens is 1. The number of benzene rings is 2. The molecule has 0 bridgehead atoms. The highest BCUT2D eigenvalue weighted by Crippen LogP contribution is 2.30. The van der Waals surface area contributed by atoms with Gasteiger partial charge >= 0.3 is 5.97 Å². The molecule has 9 heteroatoms. The number of carbonyl (C=O) groups is 2. The molecule has 0 saturated carbocycles. The molecular formula is C22H19ClN4O3S. The van der Waals surface area contributed by atoms with Crippen molar-refractivity contribution in [2.45, 2.75) is 18.6 Å². The number of hydrogen-bond donors (Lipinski definition) is 2. The van der Waals surface area contributed by atoms with Gasteiger partial charge in [-0.2, -0.15) is 5.10 Å². The fourth-order valence-electron chi connectivity index (χ4n) is 3.23. The smallest absolute Gasteiger partial charge is 0.302 e. The number of rotatable bonds is 6. The van der Waals surface area contributed by atoms with Crippen molar-refractivity contribution >= 4 is 57.5 Å². The summed E-state index contributed by atoms with van der Waals surface area (Å²) in [6.45, 7) is 1.53. The number of esters is 1. The van der Waals surface area contributed by atoms with Gasteiger partial charge in [-0.15, -0.1) is 5.10 Å². The molecule has 1 aromatic heterocycles. The minimum absolute atomic E-state index is 0.167. The third-order valence-electron chi connectivity index (χ3n) is 4.68. The van der Waals surface area contributed by atoms with Crippen LogP contribution in [0.3, 0.4) is 0 Å². The number of thioether (sulfide) groups is 1. The van der Waals surface area contributed by atoms with Gasteiger partial charge in [0.05, 0.1) is 23.8 Å². The number of para-hydroxylation sites is 1. The molecule has 1 unspecified atom stereocenters. The highest BCUT2D eigenvalue weighted by molar-refractivity contribution is 8.15. The number of hydrogen-bond acceptors (Lipinski definition) is 6. The molecule has 7 nitrogen and oxygen atoms in total. The van der Waals surface area contributed by atoms with Crippen molar-refractivity contribution in [3.63, 3.8) is 0 Å². The van der Waals surface area contributed by atoms with Gasteiger partial charge in [-0.1, -0.05) is 53.7 Å². The molecule has 2 N–H and O–H groups in total. The lowest BCUT2D eigenvalue weighted by atomic mass is 10.1. The van der Waals surface area contributed by atoms with Crippen molar-refractivity contribution in [1.82, 2.24) is 10.3 Å². The third-order valence-corrected chi connectivity index (χ3v) is 6.07. The Labute approximate surface area is 187 Å². The summed E-state index contributed by atoms with van der Waals surface area (Å²) in [6.07, 6.45) is 2.09. The molecule has 3 aromatic rings. The SMILES string of the molecule is CC(=O)OCCC1S/C(=N\N=C\c2c(-c3ccc(Cl)cc3)[nH]c3ccccc23)NC1=O. The zero-order chi connectivity index (χ0) is 21.8. The first-order valence-electron chi connectivity index (χ1n) is 9.60. The first-order valence-corrected chi connectivity index (χ1v) is 10.9. The van der Waals surface area contributed by atoms with E-state index in [1.54, 1.807) is 6.21 Å². The van der Waals surface area contributed by atoms with E-state index in [-0.39, 0.29) is 23.7 Å². The van der Waals surface area contributed by atoms with Gasteiger partial charge in [-0.25, -0.2) is 0 Å². The van der Waals surface area contributed by atoms with Crippen molar-refractivity contribution in [3.05, 3.63) is 59.1 Å². The number of halogens is 1. The maximum absolute atomic E-state index is 12.1. The quantitative estimate of drug-likeness (QED) is 0.328. The van der Waals surface area contributed by atoms with Crippen molar-refractivity contribution in [2.75, 3.05) is 6.61 Å². The topological polar surface area (TPSA) is 95.9 Å². The average Bonchev–Trinajstić information content (AvgIpc) is 3.29. The largest absolute Gasteiger partial charge is 0.466 e. The molecule has 2 aromatic carbocycles. The minimum Gasteiger partial charge on any atom is -0.466 e. The summed E-state index contributed by atoms with van der Waals surface area (Å²) in [7, 11) is 0. The summed E-state index contributed by atoms with van der Waals surface area (Å²) in [4.78, 5) is 26.4. The van der Waals surface area contributed by atoms with Gasteiger partial charge < -0.3 is 15.0 Å². The number of aromatic amines is 1. The summed E-state index contributed by atoms with van der Waals surface area (Å²) in [6, 6.07) is 15.5. The monoisotopic (exact) mass is 454 g/mol. The predicted molar refractivity (Wildman–Crippen MR) is 125 cm³/mol. The molecule has 4 rings (SSSR count). The number of amidine groups is 1. The molecule has 1 saturated heterocycles. The molecule has 0 spiro atoms. The highest BCUT2D eigenvalue weighted by atomic mass is 35.5. The van der Waals surface area contributed by atoms with Crippen LogP contribution in [0.2, 0.25) is 5.02 Å². The minimum atomic E-state index is -0.364. The molecule has 1 aliphatic rings. The zero-order valence-electron chi connectivity index (χ0n) is 16.6. The molecule has 1 fully saturated rings. The van der Waals surface area contributed by atoms with Crippen molar-refractivity contribution in [3.8, 4) is 11.3 Å². The van der Waals surface area contributed by atoms with Crippen molar-refractivity contribution in [2.24, 2.45) is 10.2 Å². The van der Waals surface area contributed by atoms with Crippen LogP contribution in [-0.4, -0.2) is 40.1 Å². The number of aromatic nitrogens is 1. The molecule has 0 radical (unpaired) electrons. The molecule has 2 heterocycles.